The first kappa shape index (κ1) is 31.7. The summed E-state index contributed by atoms with van der Waals surface area (Å²) in [6, 6.07) is 74.3. The molecule has 1 aliphatic rings. The average molecular weight is 682 g/mol. The number of nitrogens with zero attached hydrogens (tertiary/aromatic N) is 1. The van der Waals surface area contributed by atoms with Crippen molar-refractivity contribution in [3.63, 3.8) is 0 Å². The highest BCUT2D eigenvalue weighted by molar-refractivity contribution is 7.22. The third-order valence-corrected chi connectivity index (χ3v) is 15.6. The number of aryl methyl sites for hydroxylation is 2. The fourth-order valence-electron chi connectivity index (χ4n) is 8.19. The van der Waals surface area contributed by atoms with Gasteiger partial charge in [0.05, 0.1) is 5.69 Å². The lowest BCUT2D eigenvalue weighted by atomic mass is 10.0. The number of hydrogen-bond acceptors (Lipinski definition) is 1. The molecule has 0 radical (unpaired) electrons. The zero-order chi connectivity index (χ0) is 35.1. The molecule has 8 aromatic rings. The Labute approximate surface area is 308 Å². The summed E-state index contributed by atoms with van der Waals surface area (Å²) in [7, 11) is -2.68. The fraction of sp³-hybridized carbons (Fsp3) is 0.0400. The highest BCUT2D eigenvalue weighted by atomic mass is 28.3. The largest absolute Gasteiger partial charge is 0.310 e. The van der Waals surface area contributed by atoms with E-state index in [0.717, 1.165) is 11.4 Å². The molecular weight excluding hydrogens is 643 g/mol. The number of benzene rings is 8. The molecule has 0 spiro atoms. The molecule has 248 valence electrons. The maximum Gasteiger partial charge on any atom is 0.180 e. The highest BCUT2D eigenvalue weighted by Gasteiger charge is 2.49. The lowest BCUT2D eigenvalue weighted by Crippen LogP contribution is -2.72. The molecular formula is C50H39NSi. The number of fused-ring (bicyclic) bond motifs is 3. The van der Waals surface area contributed by atoms with Gasteiger partial charge in [0.2, 0.25) is 0 Å². The minimum absolute atomic E-state index is 1.13. The molecule has 0 saturated heterocycles. The molecule has 8 aromatic carbocycles. The molecule has 2 heteroatoms. The van der Waals surface area contributed by atoms with Crippen LogP contribution in [0, 0.1) is 13.8 Å². The Bertz CT molecular complexity index is 2360. The van der Waals surface area contributed by atoms with Gasteiger partial charge in [-0.3, -0.25) is 0 Å². The van der Waals surface area contributed by atoms with E-state index in [1.165, 1.54) is 70.9 Å². The SMILES string of the molecule is Cc1ccc([Si]2(c3ccc(C)cc3)c3ccccc3-c3c(N(c4ccc(-c5ccccc5)cc4)c4ccc(-c5ccccc5)cc4)cccc32)cc1. The minimum Gasteiger partial charge on any atom is -0.310 e. The van der Waals surface area contributed by atoms with Crippen molar-refractivity contribution in [1.82, 2.24) is 0 Å². The van der Waals surface area contributed by atoms with Gasteiger partial charge in [0, 0.05) is 16.9 Å². The zero-order valence-corrected chi connectivity index (χ0v) is 30.5. The molecule has 0 aliphatic carbocycles. The Balaban J connectivity index is 1.30. The van der Waals surface area contributed by atoms with Gasteiger partial charge >= 0.3 is 0 Å². The Kier molecular flexibility index (Phi) is 8.03. The zero-order valence-electron chi connectivity index (χ0n) is 29.5. The molecule has 52 heavy (non-hydrogen) atoms. The number of rotatable bonds is 7. The van der Waals surface area contributed by atoms with Gasteiger partial charge in [0.1, 0.15) is 0 Å². The van der Waals surface area contributed by atoms with E-state index in [1.54, 1.807) is 0 Å². The normalized spacial score (nSPS) is 12.6. The molecule has 1 heterocycles. The molecule has 0 atom stereocenters. The number of hydrogen-bond donors (Lipinski definition) is 0. The maximum absolute atomic E-state index is 2.68. The van der Waals surface area contributed by atoms with E-state index < -0.39 is 8.07 Å². The van der Waals surface area contributed by atoms with Crippen LogP contribution in [0.1, 0.15) is 11.1 Å². The topological polar surface area (TPSA) is 3.24 Å². The third kappa shape index (κ3) is 5.31. The van der Waals surface area contributed by atoms with E-state index >= 15 is 0 Å². The van der Waals surface area contributed by atoms with Crippen LogP contribution in [0.15, 0.2) is 200 Å². The lowest BCUT2D eigenvalue weighted by Gasteiger charge is -2.32. The van der Waals surface area contributed by atoms with Gasteiger partial charge < -0.3 is 4.90 Å². The van der Waals surface area contributed by atoms with Crippen LogP contribution in [0.3, 0.4) is 0 Å². The van der Waals surface area contributed by atoms with Crippen molar-refractivity contribution in [3.8, 4) is 33.4 Å². The van der Waals surface area contributed by atoms with Crippen molar-refractivity contribution in [3.05, 3.63) is 211 Å². The molecule has 0 saturated carbocycles. The predicted molar refractivity (Wildman–Crippen MR) is 224 cm³/mol. The molecule has 0 bridgehead atoms. The maximum atomic E-state index is 2.47. The summed E-state index contributed by atoms with van der Waals surface area (Å²) in [5, 5.41) is 5.71. The van der Waals surface area contributed by atoms with Crippen molar-refractivity contribution in [1.29, 1.82) is 0 Å². The van der Waals surface area contributed by atoms with Crippen molar-refractivity contribution in [2.45, 2.75) is 13.8 Å². The Morgan fingerprint density at radius 2 is 0.769 bits per heavy atom. The molecule has 9 rings (SSSR count). The summed E-state index contributed by atoms with van der Waals surface area (Å²) in [4.78, 5) is 2.47. The van der Waals surface area contributed by atoms with Gasteiger partial charge in [-0.05, 0) is 92.7 Å². The molecule has 0 fully saturated rings. The Hall–Kier alpha value is -6.22. The van der Waals surface area contributed by atoms with E-state index in [-0.39, 0.29) is 0 Å². The van der Waals surface area contributed by atoms with E-state index in [2.05, 4.69) is 219 Å². The molecule has 0 N–H and O–H groups in total. The van der Waals surface area contributed by atoms with E-state index in [9.17, 15) is 0 Å². The third-order valence-electron chi connectivity index (χ3n) is 10.7. The van der Waals surface area contributed by atoms with Crippen LogP contribution in [-0.4, -0.2) is 8.07 Å². The lowest BCUT2D eigenvalue weighted by molar-refractivity contribution is 1.29. The van der Waals surface area contributed by atoms with Gasteiger partial charge in [0.25, 0.3) is 0 Å². The van der Waals surface area contributed by atoms with Gasteiger partial charge in [-0.25, -0.2) is 0 Å². The van der Waals surface area contributed by atoms with Crippen LogP contribution >= 0.6 is 0 Å². The molecule has 1 nitrogen and oxygen atoms in total. The van der Waals surface area contributed by atoms with E-state index in [1.807, 2.05) is 0 Å². The van der Waals surface area contributed by atoms with E-state index in [0.29, 0.717) is 0 Å². The second kappa shape index (κ2) is 13.2. The minimum atomic E-state index is -2.68. The summed E-state index contributed by atoms with van der Waals surface area (Å²) < 4.78 is 0. The molecule has 0 aromatic heterocycles. The van der Waals surface area contributed by atoms with Crippen LogP contribution in [0.4, 0.5) is 17.1 Å². The fourth-order valence-corrected chi connectivity index (χ4v) is 13.3. The van der Waals surface area contributed by atoms with E-state index in [4.69, 9.17) is 0 Å². The predicted octanol–water partition coefficient (Wildman–Crippen LogP) is 10.5. The molecule has 0 unspecified atom stereocenters. The van der Waals surface area contributed by atoms with Crippen molar-refractivity contribution >= 4 is 45.9 Å². The smallest absolute Gasteiger partial charge is 0.180 e. The standard InChI is InChI=1S/C50H39NSi/c1-36-20-32-44(33-21-36)52(45-34-22-37(2)23-35-45)48-18-10-9-16-46(48)50-47(17-11-19-49(50)52)51(42-28-24-40(25-29-42)38-12-5-3-6-13-38)43-30-26-41(27-31-43)39-14-7-4-8-15-39/h3-35H,1-2H3. The summed E-state index contributed by atoms with van der Waals surface area (Å²) in [6.45, 7) is 4.37. The summed E-state index contributed by atoms with van der Waals surface area (Å²) >= 11 is 0. The second-order valence-corrected chi connectivity index (χ2v) is 17.6. The summed E-state index contributed by atoms with van der Waals surface area (Å²) in [5.41, 5.74) is 13.5. The van der Waals surface area contributed by atoms with Crippen LogP contribution in [0.5, 0.6) is 0 Å². The first-order chi connectivity index (χ1) is 25.6. The van der Waals surface area contributed by atoms with Crippen LogP contribution < -0.4 is 25.6 Å². The Morgan fingerprint density at radius 3 is 1.27 bits per heavy atom. The second-order valence-electron chi connectivity index (χ2n) is 13.9. The monoisotopic (exact) mass is 681 g/mol. The van der Waals surface area contributed by atoms with Crippen LogP contribution in [0.2, 0.25) is 0 Å². The molecule has 0 amide bonds. The van der Waals surface area contributed by atoms with Gasteiger partial charge in [-0.2, -0.15) is 0 Å². The summed E-state index contributed by atoms with van der Waals surface area (Å²) in [6.07, 6.45) is 0. The first-order valence-electron chi connectivity index (χ1n) is 18.1. The number of anilines is 3. The van der Waals surface area contributed by atoms with Crippen molar-refractivity contribution in [2.24, 2.45) is 0 Å². The van der Waals surface area contributed by atoms with Gasteiger partial charge in [-0.1, -0.05) is 181 Å². The molecule has 1 aliphatic heterocycles. The van der Waals surface area contributed by atoms with Crippen molar-refractivity contribution < 1.29 is 0 Å². The van der Waals surface area contributed by atoms with Gasteiger partial charge in [-0.15, -0.1) is 0 Å². The summed E-state index contributed by atoms with van der Waals surface area (Å²) in [5.74, 6) is 0. The first-order valence-corrected chi connectivity index (χ1v) is 20.1. The van der Waals surface area contributed by atoms with Crippen LogP contribution in [0.25, 0.3) is 33.4 Å². The van der Waals surface area contributed by atoms with Crippen LogP contribution in [-0.2, 0) is 0 Å². The Morgan fingerprint density at radius 1 is 0.346 bits per heavy atom. The highest BCUT2D eigenvalue weighted by Crippen LogP contribution is 2.43. The van der Waals surface area contributed by atoms with Crippen molar-refractivity contribution in [2.75, 3.05) is 4.90 Å². The van der Waals surface area contributed by atoms with Gasteiger partial charge in [0.15, 0.2) is 8.07 Å². The average Bonchev–Trinajstić information content (AvgIpc) is 3.51. The quantitative estimate of drug-likeness (QED) is 0.151.